The predicted octanol–water partition coefficient (Wildman–Crippen LogP) is 2.64. The van der Waals surface area contributed by atoms with E-state index in [1.165, 1.54) is 34.0 Å². The standard InChI is InChI=1S/C26H24P.ClH/c1-20-18-19-27(22-11-4-2-5-12-22,23-13-6-3-7-14-23)26-24(20)17-16-21-10-8-9-15-25(21)26;/h2-17,20H,18-19H2,1H3;1H/q+1;/p-1. The Morgan fingerprint density at radius 2 is 1.25 bits per heavy atom. The Hall–Kier alpha value is -2.14. The fourth-order valence-corrected chi connectivity index (χ4v) is 9.82. The fourth-order valence-electron chi connectivity index (χ4n) is 4.78. The Labute approximate surface area is 174 Å². The first-order valence-corrected chi connectivity index (χ1v) is 11.8. The third-order valence-electron chi connectivity index (χ3n) is 6.14. The van der Waals surface area contributed by atoms with E-state index in [1.807, 2.05) is 0 Å². The Morgan fingerprint density at radius 1 is 0.679 bits per heavy atom. The van der Waals surface area contributed by atoms with Gasteiger partial charge in [-0.2, -0.15) is 0 Å². The van der Waals surface area contributed by atoms with Gasteiger partial charge in [-0.15, -0.1) is 0 Å². The summed E-state index contributed by atoms with van der Waals surface area (Å²) < 4.78 is 0. The van der Waals surface area contributed by atoms with Gasteiger partial charge in [-0.25, -0.2) is 0 Å². The maximum Gasteiger partial charge on any atom is 0.116 e. The molecule has 1 aliphatic heterocycles. The van der Waals surface area contributed by atoms with Crippen molar-refractivity contribution in [1.82, 2.24) is 0 Å². The van der Waals surface area contributed by atoms with Gasteiger partial charge in [0, 0.05) is 5.39 Å². The van der Waals surface area contributed by atoms with Crippen molar-refractivity contribution in [2.45, 2.75) is 19.3 Å². The van der Waals surface area contributed by atoms with E-state index in [2.05, 4.69) is 104 Å². The zero-order valence-electron chi connectivity index (χ0n) is 16.1. The summed E-state index contributed by atoms with van der Waals surface area (Å²) in [7, 11) is -1.67. The first kappa shape index (κ1) is 19.2. The summed E-state index contributed by atoms with van der Waals surface area (Å²) in [5, 5.41) is 7.46. The molecule has 0 aromatic heterocycles. The Bertz CT molecular complexity index is 1050. The van der Waals surface area contributed by atoms with Gasteiger partial charge in [0.15, 0.2) is 0 Å². The van der Waals surface area contributed by atoms with E-state index in [0.29, 0.717) is 5.92 Å². The van der Waals surface area contributed by atoms with Crippen LogP contribution in [0.25, 0.3) is 10.8 Å². The zero-order valence-corrected chi connectivity index (χ0v) is 17.7. The van der Waals surface area contributed by atoms with Crippen LogP contribution < -0.4 is 28.3 Å². The van der Waals surface area contributed by atoms with Crippen molar-refractivity contribution in [3.63, 3.8) is 0 Å². The van der Waals surface area contributed by atoms with E-state index in [9.17, 15) is 0 Å². The fraction of sp³-hybridized carbons (Fsp3) is 0.154. The van der Waals surface area contributed by atoms with Crippen LogP contribution in [0.2, 0.25) is 0 Å². The molecule has 140 valence electrons. The van der Waals surface area contributed by atoms with Crippen LogP contribution in [0.3, 0.4) is 0 Å². The molecule has 0 saturated carbocycles. The van der Waals surface area contributed by atoms with E-state index in [4.69, 9.17) is 0 Å². The summed E-state index contributed by atoms with van der Waals surface area (Å²) in [6, 6.07) is 36.3. The second-order valence-corrected chi connectivity index (χ2v) is 11.2. The van der Waals surface area contributed by atoms with Crippen molar-refractivity contribution >= 4 is 33.9 Å². The van der Waals surface area contributed by atoms with Gasteiger partial charge >= 0.3 is 0 Å². The minimum absolute atomic E-state index is 0. The molecule has 28 heavy (non-hydrogen) atoms. The van der Waals surface area contributed by atoms with E-state index >= 15 is 0 Å². The summed E-state index contributed by atoms with van der Waals surface area (Å²) in [4.78, 5) is 0. The highest BCUT2D eigenvalue weighted by atomic mass is 35.5. The second-order valence-electron chi connectivity index (χ2n) is 7.62. The number of rotatable bonds is 2. The minimum Gasteiger partial charge on any atom is -1.00 e. The monoisotopic (exact) mass is 402 g/mol. The Balaban J connectivity index is 0.00000192. The number of halogens is 1. The van der Waals surface area contributed by atoms with Gasteiger partial charge in [0.1, 0.15) is 23.2 Å². The highest BCUT2D eigenvalue weighted by molar-refractivity contribution is 7.96. The number of fused-ring (bicyclic) bond motifs is 3. The van der Waals surface area contributed by atoms with Gasteiger partial charge in [-0.3, -0.25) is 0 Å². The normalized spacial score (nSPS) is 17.5. The number of hydrogen-bond donors (Lipinski definition) is 0. The number of hydrogen-bond acceptors (Lipinski definition) is 0. The van der Waals surface area contributed by atoms with Crippen molar-refractivity contribution in [3.8, 4) is 0 Å². The van der Waals surface area contributed by atoms with Crippen LogP contribution in [0.5, 0.6) is 0 Å². The highest BCUT2D eigenvalue weighted by Crippen LogP contribution is 2.61. The molecule has 4 aromatic carbocycles. The lowest BCUT2D eigenvalue weighted by atomic mass is 9.95. The van der Waals surface area contributed by atoms with Crippen LogP contribution in [0.1, 0.15) is 24.8 Å². The van der Waals surface area contributed by atoms with Gasteiger partial charge in [0.2, 0.25) is 0 Å². The molecule has 1 atom stereocenters. The third-order valence-corrected chi connectivity index (χ3v) is 10.7. The number of benzene rings is 4. The molecule has 1 heterocycles. The molecule has 0 aliphatic carbocycles. The van der Waals surface area contributed by atoms with Gasteiger partial charge in [-0.1, -0.05) is 79.7 Å². The molecular formula is C26H24ClP. The van der Waals surface area contributed by atoms with Crippen LogP contribution >= 0.6 is 7.26 Å². The highest BCUT2D eigenvalue weighted by Gasteiger charge is 2.50. The van der Waals surface area contributed by atoms with Gasteiger partial charge < -0.3 is 12.4 Å². The molecule has 1 aliphatic rings. The lowest BCUT2D eigenvalue weighted by Gasteiger charge is -2.36. The summed E-state index contributed by atoms with van der Waals surface area (Å²) in [5.41, 5.74) is 1.56. The van der Waals surface area contributed by atoms with E-state index < -0.39 is 7.26 Å². The largest absolute Gasteiger partial charge is 1.00 e. The summed E-state index contributed by atoms with van der Waals surface area (Å²) in [5.74, 6) is 0.616. The molecule has 4 aromatic rings. The third kappa shape index (κ3) is 2.87. The molecule has 1 unspecified atom stereocenters. The topological polar surface area (TPSA) is 0 Å². The zero-order chi connectivity index (χ0) is 18.3. The van der Waals surface area contributed by atoms with E-state index in [-0.39, 0.29) is 12.4 Å². The van der Waals surface area contributed by atoms with Crippen LogP contribution in [-0.4, -0.2) is 6.16 Å². The summed E-state index contributed by atoms with van der Waals surface area (Å²) in [6.45, 7) is 2.40. The van der Waals surface area contributed by atoms with Crippen molar-refractivity contribution < 1.29 is 12.4 Å². The Kier molecular flexibility index (Phi) is 5.28. The van der Waals surface area contributed by atoms with E-state index in [0.717, 1.165) is 0 Å². The smallest absolute Gasteiger partial charge is 0.116 e. The van der Waals surface area contributed by atoms with Crippen LogP contribution in [0.4, 0.5) is 0 Å². The quantitative estimate of drug-likeness (QED) is 0.452. The first-order valence-electron chi connectivity index (χ1n) is 9.82. The van der Waals surface area contributed by atoms with Gasteiger partial charge in [0.25, 0.3) is 0 Å². The van der Waals surface area contributed by atoms with Gasteiger partial charge in [0.05, 0.1) is 6.16 Å². The maximum atomic E-state index is 2.40. The molecule has 0 fully saturated rings. The average Bonchev–Trinajstić information content (AvgIpc) is 2.75. The second kappa shape index (κ2) is 7.70. The molecule has 0 nitrogen and oxygen atoms in total. The SMILES string of the molecule is CC1CC[P+](c2ccccc2)(c2ccccc2)c2c1ccc1ccccc21.[Cl-]. The molecule has 0 amide bonds. The van der Waals surface area contributed by atoms with Crippen molar-refractivity contribution in [1.29, 1.82) is 0 Å². The summed E-state index contributed by atoms with van der Waals surface area (Å²) >= 11 is 0. The Morgan fingerprint density at radius 3 is 1.89 bits per heavy atom. The van der Waals surface area contributed by atoms with E-state index in [1.54, 1.807) is 10.9 Å². The molecule has 0 bridgehead atoms. The predicted molar refractivity (Wildman–Crippen MR) is 121 cm³/mol. The lowest BCUT2D eigenvalue weighted by molar-refractivity contribution is -0.00000519. The van der Waals surface area contributed by atoms with Crippen molar-refractivity contribution in [3.05, 3.63) is 103 Å². The molecule has 0 radical (unpaired) electrons. The molecule has 2 heteroatoms. The van der Waals surface area contributed by atoms with Crippen LogP contribution in [0.15, 0.2) is 97.1 Å². The molecular weight excluding hydrogens is 379 g/mol. The first-order chi connectivity index (χ1) is 13.3. The van der Waals surface area contributed by atoms with Crippen molar-refractivity contribution in [2.24, 2.45) is 0 Å². The average molecular weight is 403 g/mol. The maximum absolute atomic E-state index is 2.40. The molecule has 0 N–H and O–H groups in total. The lowest BCUT2D eigenvalue weighted by Crippen LogP contribution is -3.00. The molecule has 5 rings (SSSR count). The van der Waals surface area contributed by atoms with Crippen molar-refractivity contribution in [2.75, 3.05) is 6.16 Å². The van der Waals surface area contributed by atoms with Gasteiger partial charge in [-0.05, 0) is 47.6 Å². The molecule has 0 spiro atoms. The summed E-state index contributed by atoms with van der Waals surface area (Å²) in [6.07, 6.45) is 2.51. The molecule has 0 saturated heterocycles. The van der Waals surface area contributed by atoms with Crippen LogP contribution in [0, 0.1) is 0 Å². The minimum atomic E-state index is -1.67. The van der Waals surface area contributed by atoms with Crippen LogP contribution in [-0.2, 0) is 0 Å².